The molecule has 0 unspecified atom stereocenters. The molecule has 28 heavy (non-hydrogen) atoms. The van der Waals surface area contributed by atoms with Crippen LogP contribution in [0.2, 0.25) is 0 Å². The summed E-state index contributed by atoms with van der Waals surface area (Å²) in [5.41, 5.74) is -0.000915. The predicted molar refractivity (Wildman–Crippen MR) is 99.9 cm³/mol. The van der Waals surface area contributed by atoms with Crippen molar-refractivity contribution in [1.82, 2.24) is 5.32 Å². The second-order valence-corrected chi connectivity index (χ2v) is 7.17. The number of benzene rings is 1. The van der Waals surface area contributed by atoms with Crippen LogP contribution in [0.5, 0.6) is 5.75 Å². The maximum atomic E-state index is 13.2. The molecule has 2 bridgehead atoms. The van der Waals surface area contributed by atoms with E-state index in [2.05, 4.69) is 5.32 Å². The van der Waals surface area contributed by atoms with Gasteiger partial charge in [0.05, 0.1) is 38.1 Å². The zero-order valence-electron chi connectivity index (χ0n) is 16.1. The van der Waals surface area contributed by atoms with E-state index in [0.717, 1.165) is 5.69 Å². The summed E-state index contributed by atoms with van der Waals surface area (Å²) in [4.78, 5) is 27.8. The van der Waals surface area contributed by atoms with E-state index in [-0.39, 0.29) is 18.4 Å². The largest absolute Gasteiger partial charge is 0.497 e. The molecule has 3 aliphatic rings. The SMILES string of the molecule is COc1ccc(N2C[C@@]34C=C[C@@H](O3)[C@H](C(=O)NCC(OC)OC)[C@H]4C2=O)cc1. The van der Waals surface area contributed by atoms with Gasteiger partial charge in [0.2, 0.25) is 11.8 Å². The Bertz CT molecular complexity index is 790. The van der Waals surface area contributed by atoms with E-state index in [9.17, 15) is 9.59 Å². The highest BCUT2D eigenvalue weighted by Gasteiger charge is 2.67. The molecule has 2 saturated heterocycles. The van der Waals surface area contributed by atoms with Crippen molar-refractivity contribution in [1.29, 1.82) is 0 Å². The smallest absolute Gasteiger partial charge is 0.234 e. The molecule has 150 valence electrons. The molecule has 2 amide bonds. The molecule has 0 aliphatic carbocycles. The van der Waals surface area contributed by atoms with E-state index < -0.39 is 29.8 Å². The van der Waals surface area contributed by atoms with Crippen molar-refractivity contribution in [2.75, 3.05) is 39.3 Å². The predicted octanol–water partition coefficient (Wildman–Crippen LogP) is 0.717. The number of ether oxygens (including phenoxy) is 4. The van der Waals surface area contributed by atoms with E-state index in [1.165, 1.54) is 14.2 Å². The molecular weight excluding hydrogens is 364 g/mol. The number of nitrogens with one attached hydrogen (secondary N) is 1. The Morgan fingerprint density at radius 3 is 2.64 bits per heavy atom. The number of carbonyl (C=O) groups excluding carboxylic acids is 2. The van der Waals surface area contributed by atoms with Gasteiger partial charge in [0, 0.05) is 19.9 Å². The molecule has 1 aromatic rings. The zero-order chi connectivity index (χ0) is 19.9. The number of carbonyl (C=O) groups is 2. The van der Waals surface area contributed by atoms with Crippen LogP contribution in [0.4, 0.5) is 5.69 Å². The van der Waals surface area contributed by atoms with E-state index in [4.69, 9.17) is 18.9 Å². The van der Waals surface area contributed by atoms with Crippen molar-refractivity contribution in [3.8, 4) is 5.75 Å². The lowest BCUT2D eigenvalue weighted by atomic mass is 9.77. The van der Waals surface area contributed by atoms with Gasteiger partial charge < -0.3 is 29.2 Å². The average Bonchev–Trinajstić information content (AvgIpc) is 3.37. The van der Waals surface area contributed by atoms with Gasteiger partial charge in [-0.25, -0.2) is 0 Å². The second-order valence-electron chi connectivity index (χ2n) is 7.17. The van der Waals surface area contributed by atoms with Crippen LogP contribution in [0.25, 0.3) is 0 Å². The average molecular weight is 388 g/mol. The second kappa shape index (κ2) is 7.20. The van der Waals surface area contributed by atoms with Gasteiger partial charge in [0.15, 0.2) is 6.29 Å². The highest BCUT2D eigenvalue weighted by atomic mass is 16.7. The lowest BCUT2D eigenvalue weighted by Gasteiger charge is -2.24. The fourth-order valence-corrected chi connectivity index (χ4v) is 4.34. The first-order valence-corrected chi connectivity index (χ1v) is 9.19. The Kier molecular flexibility index (Phi) is 4.86. The summed E-state index contributed by atoms with van der Waals surface area (Å²) in [7, 11) is 4.61. The van der Waals surface area contributed by atoms with Crippen molar-refractivity contribution >= 4 is 17.5 Å². The first kappa shape index (κ1) is 18.9. The van der Waals surface area contributed by atoms with Gasteiger partial charge in [-0.1, -0.05) is 12.2 Å². The number of fused-ring (bicyclic) bond motifs is 1. The van der Waals surface area contributed by atoms with Crippen molar-refractivity contribution in [3.63, 3.8) is 0 Å². The first-order valence-electron chi connectivity index (χ1n) is 9.19. The van der Waals surface area contributed by atoms with Gasteiger partial charge in [0.25, 0.3) is 0 Å². The minimum Gasteiger partial charge on any atom is -0.497 e. The number of amides is 2. The van der Waals surface area contributed by atoms with Crippen LogP contribution in [0, 0.1) is 11.8 Å². The van der Waals surface area contributed by atoms with E-state index in [1.807, 2.05) is 36.4 Å². The minimum atomic E-state index is -0.758. The summed E-state index contributed by atoms with van der Waals surface area (Å²) in [5, 5.41) is 2.82. The highest BCUT2D eigenvalue weighted by molar-refractivity contribution is 6.03. The van der Waals surface area contributed by atoms with Crippen molar-refractivity contribution in [2.45, 2.75) is 18.0 Å². The summed E-state index contributed by atoms with van der Waals surface area (Å²) >= 11 is 0. The molecule has 1 N–H and O–H groups in total. The zero-order valence-corrected chi connectivity index (χ0v) is 16.1. The monoisotopic (exact) mass is 388 g/mol. The first-order chi connectivity index (χ1) is 13.5. The topological polar surface area (TPSA) is 86.3 Å². The van der Waals surface area contributed by atoms with Crippen LogP contribution in [0.15, 0.2) is 36.4 Å². The Hall–Kier alpha value is -2.42. The normalized spacial score (nSPS) is 30.2. The molecule has 0 saturated carbocycles. The Labute approximate surface area is 163 Å². The van der Waals surface area contributed by atoms with Crippen molar-refractivity contribution in [2.24, 2.45) is 11.8 Å². The Morgan fingerprint density at radius 1 is 1.29 bits per heavy atom. The number of hydrogen-bond acceptors (Lipinski definition) is 6. The summed E-state index contributed by atoms with van der Waals surface area (Å²) in [6, 6.07) is 7.29. The van der Waals surface area contributed by atoms with Gasteiger partial charge >= 0.3 is 0 Å². The molecule has 8 nitrogen and oxygen atoms in total. The van der Waals surface area contributed by atoms with Crippen LogP contribution in [0.3, 0.4) is 0 Å². The molecule has 4 atom stereocenters. The third-order valence-corrected chi connectivity index (χ3v) is 5.76. The van der Waals surface area contributed by atoms with Crippen LogP contribution in [-0.2, 0) is 23.8 Å². The van der Waals surface area contributed by atoms with Gasteiger partial charge in [-0.2, -0.15) is 0 Å². The maximum Gasteiger partial charge on any atom is 0.234 e. The fraction of sp³-hybridized carbons (Fsp3) is 0.500. The van der Waals surface area contributed by atoms with Crippen molar-refractivity contribution < 1.29 is 28.5 Å². The highest BCUT2D eigenvalue weighted by Crippen LogP contribution is 2.52. The third kappa shape index (κ3) is 2.88. The van der Waals surface area contributed by atoms with Crippen LogP contribution >= 0.6 is 0 Å². The quantitative estimate of drug-likeness (QED) is 0.547. The molecule has 3 heterocycles. The molecule has 0 aromatic heterocycles. The van der Waals surface area contributed by atoms with Gasteiger partial charge in [-0.05, 0) is 24.3 Å². The molecule has 8 heteroatoms. The molecular formula is C20H24N2O6. The van der Waals surface area contributed by atoms with Gasteiger partial charge in [-0.3, -0.25) is 9.59 Å². The molecule has 1 aromatic carbocycles. The molecule has 3 aliphatic heterocycles. The third-order valence-electron chi connectivity index (χ3n) is 5.76. The Balaban J connectivity index is 1.54. The molecule has 1 spiro atoms. The van der Waals surface area contributed by atoms with E-state index in [1.54, 1.807) is 12.0 Å². The summed E-state index contributed by atoms with van der Waals surface area (Å²) in [6.07, 6.45) is 2.88. The van der Waals surface area contributed by atoms with Crippen LogP contribution < -0.4 is 15.0 Å². The standard InChI is InChI=1S/C20H24N2O6/c1-25-13-6-4-12(5-7-13)22-11-20-9-8-14(28-20)16(17(20)19(22)24)18(23)21-10-15(26-2)27-3/h4-9,14-17H,10-11H2,1-3H3,(H,21,23)/t14-,16+,17+,20-/m1/s1. The van der Waals surface area contributed by atoms with E-state index in [0.29, 0.717) is 12.3 Å². The number of hydrogen-bond donors (Lipinski definition) is 1. The number of rotatable bonds is 7. The van der Waals surface area contributed by atoms with Gasteiger partial charge in [-0.15, -0.1) is 0 Å². The number of anilines is 1. The van der Waals surface area contributed by atoms with Crippen LogP contribution in [0.1, 0.15) is 0 Å². The summed E-state index contributed by atoms with van der Waals surface area (Å²) < 4.78 is 21.5. The fourth-order valence-electron chi connectivity index (χ4n) is 4.34. The molecule has 4 rings (SSSR count). The van der Waals surface area contributed by atoms with Crippen molar-refractivity contribution in [3.05, 3.63) is 36.4 Å². The maximum absolute atomic E-state index is 13.2. The number of methoxy groups -OCH3 is 3. The minimum absolute atomic E-state index is 0.104. The number of nitrogens with zero attached hydrogens (tertiary/aromatic N) is 1. The summed E-state index contributed by atoms with van der Waals surface area (Å²) in [6.45, 7) is 0.591. The summed E-state index contributed by atoms with van der Waals surface area (Å²) in [5.74, 6) is -0.741. The lowest BCUT2D eigenvalue weighted by molar-refractivity contribution is -0.135. The lowest BCUT2D eigenvalue weighted by Crippen LogP contribution is -2.46. The molecule has 2 fully saturated rings. The van der Waals surface area contributed by atoms with Crippen LogP contribution in [-0.4, -0.2) is 64.2 Å². The Morgan fingerprint density at radius 2 is 2.00 bits per heavy atom. The van der Waals surface area contributed by atoms with Gasteiger partial charge in [0.1, 0.15) is 11.4 Å². The van der Waals surface area contributed by atoms with E-state index >= 15 is 0 Å². The molecule has 0 radical (unpaired) electrons.